The van der Waals surface area contributed by atoms with Gasteiger partial charge in [-0.2, -0.15) is 0 Å². The zero-order valence-corrected chi connectivity index (χ0v) is 18.8. The Hall–Kier alpha value is -1.95. The van der Waals surface area contributed by atoms with Gasteiger partial charge in [-0.15, -0.1) is 0 Å². The molecule has 30 heavy (non-hydrogen) atoms. The van der Waals surface area contributed by atoms with E-state index in [1.54, 1.807) is 7.11 Å². The monoisotopic (exact) mass is 417 g/mol. The van der Waals surface area contributed by atoms with Crippen LogP contribution in [-0.2, 0) is 4.74 Å². The van der Waals surface area contributed by atoms with Gasteiger partial charge in [0.05, 0.1) is 19.4 Å². The van der Waals surface area contributed by atoms with Crippen LogP contribution in [0.3, 0.4) is 0 Å². The average Bonchev–Trinajstić information content (AvgIpc) is 2.79. The van der Waals surface area contributed by atoms with Crippen molar-refractivity contribution in [3.05, 3.63) is 24.3 Å². The van der Waals surface area contributed by atoms with Crippen molar-refractivity contribution in [3.63, 3.8) is 0 Å². The third kappa shape index (κ3) is 6.79. The number of carbonyl (C=O) groups is 1. The molecule has 2 aliphatic rings. The number of alkyl carbamates (subject to hydrolysis) is 1. The van der Waals surface area contributed by atoms with Crippen molar-refractivity contribution >= 4 is 11.8 Å². The number of rotatable bonds is 9. The molecule has 168 valence electrons. The molecule has 1 aliphatic carbocycles. The van der Waals surface area contributed by atoms with Crippen LogP contribution in [0.25, 0.3) is 0 Å². The first-order valence-corrected chi connectivity index (χ1v) is 11.7. The van der Waals surface area contributed by atoms with Gasteiger partial charge >= 0.3 is 6.09 Å². The van der Waals surface area contributed by atoms with Gasteiger partial charge in [0.1, 0.15) is 5.75 Å². The highest BCUT2D eigenvalue weighted by Gasteiger charge is 2.24. The molecule has 0 radical (unpaired) electrons. The van der Waals surface area contributed by atoms with Crippen molar-refractivity contribution in [1.29, 1.82) is 0 Å². The van der Waals surface area contributed by atoms with E-state index in [9.17, 15) is 4.79 Å². The molecule has 2 fully saturated rings. The van der Waals surface area contributed by atoms with Crippen LogP contribution in [-0.4, -0.2) is 63.5 Å². The number of ether oxygens (including phenoxy) is 2. The molecule has 6 heteroatoms. The van der Waals surface area contributed by atoms with Crippen LogP contribution in [0.5, 0.6) is 5.75 Å². The third-order valence-corrected chi connectivity index (χ3v) is 6.55. The van der Waals surface area contributed by atoms with Gasteiger partial charge < -0.3 is 19.7 Å². The molecule has 1 N–H and O–H groups in total. The normalized spacial score (nSPS) is 22.5. The smallest absolute Gasteiger partial charge is 0.407 e. The summed E-state index contributed by atoms with van der Waals surface area (Å²) in [6, 6.07) is 8.59. The van der Waals surface area contributed by atoms with Gasteiger partial charge in [-0.25, -0.2) is 4.79 Å². The Labute approximate surface area is 181 Å². The molecule has 6 nitrogen and oxygen atoms in total. The number of anilines is 1. The first-order valence-electron chi connectivity index (χ1n) is 11.7. The second-order valence-corrected chi connectivity index (χ2v) is 8.64. The number of hydrogen-bond donors (Lipinski definition) is 1. The first-order chi connectivity index (χ1) is 14.7. The predicted octanol–water partition coefficient (Wildman–Crippen LogP) is 4.29. The maximum Gasteiger partial charge on any atom is 0.407 e. The predicted molar refractivity (Wildman–Crippen MR) is 121 cm³/mol. The van der Waals surface area contributed by atoms with Crippen LogP contribution in [0.2, 0.25) is 0 Å². The number of para-hydroxylation sites is 2. The van der Waals surface area contributed by atoms with Crippen LogP contribution in [0.4, 0.5) is 10.5 Å². The zero-order valence-electron chi connectivity index (χ0n) is 18.8. The van der Waals surface area contributed by atoms with Crippen molar-refractivity contribution in [2.24, 2.45) is 5.92 Å². The standard InChI is InChI=1S/C24H39N3O3/c1-3-4-19-30-24(28)25-21-11-9-20(10-12-21)13-14-26-15-17-27(18-16-26)22-7-5-6-8-23(22)29-2/h5-8,20-21H,3-4,9-19H2,1-2H3,(H,25,28). The Morgan fingerprint density at radius 1 is 1.10 bits per heavy atom. The fraction of sp³-hybridized carbons (Fsp3) is 0.708. The Kier molecular flexibility index (Phi) is 9.12. The van der Waals surface area contributed by atoms with Crippen molar-refractivity contribution in [3.8, 4) is 5.75 Å². The number of unbranched alkanes of at least 4 members (excludes halogenated alkanes) is 1. The van der Waals surface area contributed by atoms with Gasteiger partial charge in [0.15, 0.2) is 0 Å². The minimum Gasteiger partial charge on any atom is -0.495 e. The SMILES string of the molecule is CCCCOC(=O)NC1CCC(CCN2CCN(c3ccccc3OC)CC2)CC1. The van der Waals surface area contributed by atoms with Crippen molar-refractivity contribution in [2.75, 3.05) is 51.3 Å². The van der Waals surface area contributed by atoms with Crippen molar-refractivity contribution in [1.82, 2.24) is 10.2 Å². The van der Waals surface area contributed by atoms with E-state index in [1.807, 2.05) is 12.1 Å². The summed E-state index contributed by atoms with van der Waals surface area (Å²) in [6.45, 7) is 8.14. The zero-order chi connectivity index (χ0) is 21.2. The van der Waals surface area contributed by atoms with Gasteiger partial charge in [-0.05, 0) is 63.1 Å². The highest BCUT2D eigenvalue weighted by atomic mass is 16.5. The number of methoxy groups -OCH3 is 1. The van der Waals surface area contributed by atoms with Crippen LogP contribution >= 0.6 is 0 Å². The molecule has 1 saturated carbocycles. The van der Waals surface area contributed by atoms with E-state index in [0.29, 0.717) is 12.6 Å². The first kappa shape index (κ1) is 22.7. The summed E-state index contributed by atoms with van der Waals surface area (Å²) < 4.78 is 10.7. The summed E-state index contributed by atoms with van der Waals surface area (Å²) in [5, 5.41) is 3.05. The molecular formula is C24H39N3O3. The van der Waals surface area contributed by atoms with E-state index in [2.05, 4.69) is 34.2 Å². The maximum absolute atomic E-state index is 11.8. The Morgan fingerprint density at radius 2 is 1.83 bits per heavy atom. The Balaban J connectivity index is 1.31. The Bertz CT molecular complexity index is 638. The quantitative estimate of drug-likeness (QED) is 0.608. The molecule has 1 amide bonds. The highest BCUT2D eigenvalue weighted by Crippen LogP contribution is 2.29. The largest absolute Gasteiger partial charge is 0.495 e. The lowest BCUT2D eigenvalue weighted by molar-refractivity contribution is 0.134. The lowest BCUT2D eigenvalue weighted by Crippen LogP contribution is -2.47. The number of carbonyl (C=O) groups excluding carboxylic acids is 1. The minimum absolute atomic E-state index is 0.236. The highest BCUT2D eigenvalue weighted by molar-refractivity contribution is 5.67. The molecular weight excluding hydrogens is 378 g/mol. The summed E-state index contributed by atoms with van der Waals surface area (Å²) in [5.41, 5.74) is 1.21. The van der Waals surface area contributed by atoms with Crippen LogP contribution in [0.15, 0.2) is 24.3 Å². The fourth-order valence-corrected chi connectivity index (χ4v) is 4.58. The number of amides is 1. The number of benzene rings is 1. The minimum atomic E-state index is -0.236. The molecule has 1 saturated heterocycles. The number of piperazine rings is 1. The summed E-state index contributed by atoms with van der Waals surface area (Å²) in [7, 11) is 1.74. The number of nitrogens with zero attached hydrogens (tertiary/aromatic N) is 2. The average molecular weight is 418 g/mol. The van der Waals surface area contributed by atoms with Gasteiger partial charge in [-0.1, -0.05) is 25.5 Å². The summed E-state index contributed by atoms with van der Waals surface area (Å²) in [4.78, 5) is 16.9. The van der Waals surface area contributed by atoms with Gasteiger partial charge in [0, 0.05) is 32.2 Å². The molecule has 0 aromatic heterocycles. The van der Waals surface area contributed by atoms with Crippen LogP contribution < -0.4 is 15.0 Å². The van der Waals surface area contributed by atoms with Gasteiger partial charge in [0.25, 0.3) is 0 Å². The molecule has 3 rings (SSSR count). The summed E-state index contributed by atoms with van der Waals surface area (Å²) in [5.74, 6) is 1.75. The lowest BCUT2D eigenvalue weighted by atomic mass is 9.84. The molecule has 0 spiro atoms. The topological polar surface area (TPSA) is 54.0 Å². The molecule has 1 aromatic rings. The van der Waals surface area contributed by atoms with E-state index >= 15 is 0 Å². The fourth-order valence-electron chi connectivity index (χ4n) is 4.58. The molecule has 0 unspecified atom stereocenters. The van der Waals surface area contributed by atoms with Crippen LogP contribution in [0.1, 0.15) is 51.9 Å². The van der Waals surface area contributed by atoms with Gasteiger partial charge in [-0.3, -0.25) is 4.90 Å². The van der Waals surface area contributed by atoms with E-state index < -0.39 is 0 Å². The van der Waals surface area contributed by atoms with Crippen molar-refractivity contribution < 1.29 is 14.3 Å². The van der Waals surface area contributed by atoms with E-state index in [1.165, 1.54) is 31.5 Å². The second-order valence-electron chi connectivity index (χ2n) is 8.64. The number of hydrogen-bond acceptors (Lipinski definition) is 5. The molecule has 1 aliphatic heterocycles. The molecule has 0 bridgehead atoms. The van der Waals surface area contributed by atoms with Gasteiger partial charge in [0.2, 0.25) is 0 Å². The maximum atomic E-state index is 11.8. The Morgan fingerprint density at radius 3 is 2.53 bits per heavy atom. The van der Waals surface area contributed by atoms with E-state index in [-0.39, 0.29) is 6.09 Å². The summed E-state index contributed by atoms with van der Waals surface area (Å²) >= 11 is 0. The molecule has 0 atom stereocenters. The second kappa shape index (κ2) is 12.0. The van der Waals surface area contributed by atoms with E-state index in [0.717, 1.165) is 63.5 Å². The lowest BCUT2D eigenvalue weighted by Gasteiger charge is -2.37. The van der Waals surface area contributed by atoms with E-state index in [4.69, 9.17) is 9.47 Å². The summed E-state index contributed by atoms with van der Waals surface area (Å²) in [6.07, 6.45) is 7.59. The molecule has 1 heterocycles. The molecule has 1 aromatic carbocycles. The van der Waals surface area contributed by atoms with Crippen molar-refractivity contribution in [2.45, 2.75) is 57.9 Å². The third-order valence-electron chi connectivity index (χ3n) is 6.55. The number of nitrogens with one attached hydrogen (secondary N) is 1. The van der Waals surface area contributed by atoms with Crippen LogP contribution in [0, 0.1) is 5.92 Å².